The standard InChI is InChI=1S/C13H20Cl2N2O/c1-10(2)8-17(4-5-18-3)9-11-7-16-13(15)6-12(11)14/h6-7,10H,4-5,8-9H2,1-3H3. The zero-order valence-electron chi connectivity index (χ0n) is 11.1. The quantitative estimate of drug-likeness (QED) is 0.719. The SMILES string of the molecule is COCCN(Cc1cnc(Cl)cc1Cl)CC(C)C. The highest BCUT2D eigenvalue weighted by Gasteiger charge is 2.11. The van der Waals surface area contributed by atoms with Crippen LogP contribution in [0.5, 0.6) is 0 Å². The zero-order chi connectivity index (χ0) is 13.5. The second kappa shape index (κ2) is 7.95. The first-order chi connectivity index (χ1) is 8.52. The second-order valence-electron chi connectivity index (χ2n) is 4.72. The van der Waals surface area contributed by atoms with Gasteiger partial charge in [-0.25, -0.2) is 4.98 Å². The Morgan fingerprint density at radius 2 is 2.11 bits per heavy atom. The fourth-order valence-electron chi connectivity index (χ4n) is 1.76. The Labute approximate surface area is 119 Å². The molecule has 1 heterocycles. The van der Waals surface area contributed by atoms with Crippen LogP contribution in [-0.4, -0.2) is 36.7 Å². The number of ether oxygens (including phenoxy) is 1. The van der Waals surface area contributed by atoms with Crippen molar-refractivity contribution in [1.82, 2.24) is 9.88 Å². The van der Waals surface area contributed by atoms with Gasteiger partial charge in [-0.1, -0.05) is 37.0 Å². The molecule has 0 spiro atoms. The Morgan fingerprint density at radius 3 is 2.67 bits per heavy atom. The van der Waals surface area contributed by atoms with Crippen molar-refractivity contribution >= 4 is 23.2 Å². The summed E-state index contributed by atoms with van der Waals surface area (Å²) in [7, 11) is 1.71. The van der Waals surface area contributed by atoms with Gasteiger partial charge in [-0.05, 0) is 12.0 Å². The van der Waals surface area contributed by atoms with Crippen LogP contribution in [0.25, 0.3) is 0 Å². The number of hydrogen-bond acceptors (Lipinski definition) is 3. The molecule has 1 aromatic heterocycles. The lowest BCUT2D eigenvalue weighted by atomic mass is 10.2. The second-order valence-corrected chi connectivity index (χ2v) is 5.51. The van der Waals surface area contributed by atoms with E-state index in [0.29, 0.717) is 22.7 Å². The first kappa shape index (κ1) is 15.7. The number of aromatic nitrogens is 1. The van der Waals surface area contributed by atoms with Gasteiger partial charge in [0.25, 0.3) is 0 Å². The Morgan fingerprint density at radius 1 is 1.39 bits per heavy atom. The van der Waals surface area contributed by atoms with Crippen molar-refractivity contribution in [3.63, 3.8) is 0 Å². The fraction of sp³-hybridized carbons (Fsp3) is 0.615. The lowest BCUT2D eigenvalue weighted by Gasteiger charge is -2.24. The van der Waals surface area contributed by atoms with Crippen LogP contribution in [0.4, 0.5) is 0 Å². The Hall–Kier alpha value is -0.350. The molecule has 0 bridgehead atoms. The van der Waals surface area contributed by atoms with Gasteiger partial charge in [0.05, 0.1) is 6.61 Å². The summed E-state index contributed by atoms with van der Waals surface area (Å²) in [4.78, 5) is 6.39. The number of methoxy groups -OCH3 is 1. The first-order valence-corrected chi connectivity index (χ1v) is 6.79. The number of halogens is 2. The summed E-state index contributed by atoms with van der Waals surface area (Å²) in [6.45, 7) is 7.76. The fourth-order valence-corrected chi connectivity index (χ4v) is 2.19. The van der Waals surface area contributed by atoms with E-state index in [0.717, 1.165) is 25.2 Å². The minimum Gasteiger partial charge on any atom is -0.383 e. The van der Waals surface area contributed by atoms with Gasteiger partial charge in [0.2, 0.25) is 0 Å². The number of nitrogens with zero attached hydrogens (tertiary/aromatic N) is 2. The minimum absolute atomic E-state index is 0.427. The van der Waals surface area contributed by atoms with E-state index in [1.54, 1.807) is 19.4 Å². The van der Waals surface area contributed by atoms with Crippen LogP contribution in [0.15, 0.2) is 12.3 Å². The van der Waals surface area contributed by atoms with Crippen molar-refractivity contribution in [2.75, 3.05) is 26.8 Å². The molecular formula is C13H20Cl2N2O. The van der Waals surface area contributed by atoms with E-state index < -0.39 is 0 Å². The molecule has 102 valence electrons. The normalized spacial score (nSPS) is 11.5. The van der Waals surface area contributed by atoms with Crippen molar-refractivity contribution in [3.05, 3.63) is 28.0 Å². The molecule has 0 aromatic carbocycles. The van der Waals surface area contributed by atoms with Gasteiger partial charge in [0.15, 0.2) is 0 Å². The summed E-state index contributed by atoms with van der Waals surface area (Å²) in [6, 6.07) is 1.68. The smallest absolute Gasteiger partial charge is 0.130 e. The van der Waals surface area contributed by atoms with Gasteiger partial charge in [0.1, 0.15) is 5.15 Å². The Kier molecular flexibility index (Phi) is 6.94. The van der Waals surface area contributed by atoms with Crippen LogP contribution in [0.1, 0.15) is 19.4 Å². The van der Waals surface area contributed by atoms with Gasteiger partial charge < -0.3 is 4.74 Å². The first-order valence-electron chi connectivity index (χ1n) is 6.04. The average Bonchev–Trinajstić information content (AvgIpc) is 2.29. The predicted octanol–water partition coefficient (Wildman–Crippen LogP) is 3.49. The monoisotopic (exact) mass is 290 g/mol. The average molecular weight is 291 g/mol. The van der Waals surface area contributed by atoms with Gasteiger partial charge in [-0.15, -0.1) is 0 Å². The molecule has 3 nitrogen and oxygen atoms in total. The number of rotatable bonds is 7. The number of hydrogen-bond donors (Lipinski definition) is 0. The van der Waals surface area contributed by atoms with Gasteiger partial charge >= 0.3 is 0 Å². The van der Waals surface area contributed by atoms with Gasteiger partial charge in [0, 0.05) is 43.5 Å². The molecule has 5 heteroatoms. The molecule has 0 saturated heterocycles. The summed E-state index contributed by atoms with van der Waals surface area (Å²) < 4.78 is 5.13. The van der Waals surface area contributed by atoms with E-state index in [4.69, 9.17) is 27.9 Å². The summed E-state index contributed by atoms with van der Waals surface area (Å²) >= 11 is 12.0. The summed E-state index contributed by atoms with van der Waals surface area (Å²) in [5, 5.41) is 1.09. The zero-order valence-corrected chi connectivity index (χ0v) is 12.6. The third kappa shape index (κ3) is 5.53. The molecule has 0 unspecified atom stereocenters. The summed E-state index contributed by atoms with van der Waals surface area (Å²) in [5.41, 5.74) is 0.998. The molecule has 0 amide bonds. The molecule has 0 aliphatic carbocycles. The topological polar surface area (TPSA) is 25.4 Å². The van der Waals surface area contributed by atoms with Crippen LogP contribution >= 0.6 is 23.2 Å². The molecule has 0 saturated carbocycles. The summed E-state index contributed by atoms with van der Waals surface area (Å²) in [5.74, 6) is 0.598. The van der Waals surface area contributed by atoms with Crippen LogP contribution in [0, 0.1) is 5.92 Å². The summed E-state index contributed by atoms with van der Waals surface area (Å²) in [6.07, 6.45) is 1.74. The van der Waals surface area contributed by atoms with Crippen molar-refractivity contribution < 1.29 is 4.74 Å². The van der Waals surface area contributed by atoms with Gasteiger partial charge in [-0.3, -0.25) is 4.90 Å². The molecule has 1 rings (SSSR count). The molecule has 0 N–H and O–H groups in total. The predicted molar refractivity (Wildman–Crippen MR) is 76.2 cm³/mol. The van der Waals surface area contributed by atoms with Crippen molar-refractivity contribution in [2.24, 2.45) is 5.92 Å². The maximum absolute atomic E-state index is 6.16. The third-order valence-electron chi connectivity index (χ3n) is 2.53. The number of pyridine rings is 1. The van der Waals surface area contributed by atoms with Gasteiger partial charge in [-0.2, -0.15) is 0 Å². The maximum Gasteiger partial charge on any atom is 0.130 e. The minimum atomic E-state index is 0.427. The van der Waals surface area contributed by atoms with Crippen LogP contribution in [0.3, 0.4) is 0 Å². The van der Waals surface area contributed by atoms with Crippen LogP contribution < -0.4 is 0 Å². The maximum atomic E-state index is 6.16. The molecule has 18 heavy (non-hydrogen) atoms. The van der Waals surface area contributed by atoms with Crippen molar-refractivity contribution in [1.29, 1.82) is 0 Å². The molecule has 1 aromatic rings. The Balaban J connectivity index is 2.68. The third-order valence-corrected chi connectivity index (χ3v) is 3.08. The van der Waals surface area contributed by atoms with E-state index in [1.165, 1.54) is 0 Å². The molecule has 0 fully saturated rings. The molecule has 0 radical (unpaired) electrons. The highest BCUT2D eigenvalue weighted by molar-refractivity contribution is 6.34. The van der Waals surface area contributed by atoms with E-state index >= 15 is 0 Å². The van der Waals surface area contributed by atoms with Crippen LogP contribution in [-0.2, 0) is 11.3 Å². The molecule has 0 atom stereocenters. The van der Waals surface area contributed by atoms with E-state index in [9.17, 15) is 0 Å². The molecule has 0 aliphatic rings. The molecule has 0 aliphatic heterocycles. The van der Waals surface area contributed by atoms with E-state index in [-0.39, 0.29) is 0 Å². The largest absolute Gasteiger partial charge is 0.383 e. The van der Waals surface area contributed by atoms with E-state index in [2.05, 4.69) is 23.7 Å². The highest BCUT2D eigenvalue weighted by Crippen LogP contribution is 2.20. The lowest BCUT2D eigenvalue weighted by molar-refractivity contribution is 0.136. The highest BCUT2D eigenvalue weighted by atomic mass is 35.5. The molecular weight excluding hydrogens is 271 g/mol. The van der Waals surface area contributed by atoms with Crippen molar-refractivity contribution in [3.8, 4) is 0 Å². The van der Waals surface area contributed by atoms with Crippen LogP contribution in [0.2, 0.25) is 10.2 Å². The Bertz CT molecular complexity index is 372. The van der Waals surface area contributed by atoms with E-state index in [1.807, 2.05) is 0 Å². The van der Waals surface area contributed by atoms with Crippen molar-refractivity contribution in [2.45, 2.75) is 20.4 Å². The lowest BCUT2D eigenvalue weighted by Crippen LogP contribution is -2.30.